The molecule has 0 fully saturated rings. The van der Waals surface area contributed by atoms with Crippen molar-refractivity contribution in [1.29, 1.82) is 0 Å². The second-order valence-electron chi connectivity index (χ2n) is 27.0. The van der Waals surface area contributed by atoms with Crippen LogP contribution in [0.4, 0.5) is 0 Å². The van der Waals surface area contributed by atoms with Gasteiger partial charge in [0.2, 0.25) is 0 Å². The van der Waals surface area contributed by atoms with Gasteiger partial charge in [0.05, 0.1) is 45.6 Å². The number of pyridine rings is 2. The largest absolute Gasteiger partial charge is 0.354 e. The Morgan fingerprint density at radius 1 is 0.183 bits per heavy atom. The lowest BCUT2D eigenvalue weighted by molar-refractivity contribution is -0.697. The van der Waals surface area contributed by atoms with Crippen molar-refractivity contribution in [3.05, 3.63) is 325 Å². The van der Waals surface area contributed by atoms with Gasteiger partial charge in [-0.25, -0.2) is 29.1 Å². The zero-order chi connectivity index (χ0) is 69.1. The van der Waals surface area contributed by atoms with E-state index in [-0.39, 0.29) is 0 Å². The van der Waals surface area contributed by atoms with Crippen LogP contribution in [0, 0.1) is 0 Å². The highest BCUT2D eigenvalue weighted by molar-refractivity contribution is 6.03. The molecule has 8 aromatic heterocycles. The number of benzene rings is 6. The van der Waals surface area contributed by atoms with E-state index in [9.17, 15) is 0 Å². The molecule has 498 valence electrons. The van der Waals surface area contributed by atoms with Gasteiger partial charge in [0, 0.05) is 126 Å². The molecule has 10 nitrogen and oxygen atoms in total. The molecule has 6 aromatic carbocycles. The molecule has 10 heteroatoms. The highest BCUT2D eigenvalue weighted by atomic mass is 14.9. The molecule has 0 radical (unpaired) electrons. The summed E-state index contributed by atoms with van der Waals surface area (Å²) < 4.78 is 4.66. The Bertz CT molecular complexity index is 5590. The van der Waals surface area contributed by atoms with E-state index in [0.717, 1.165) is 205 Å². The summed E-state index contributed by atoms with van der Waals surface area (Å²) in [6.07, 6.45) is 33.2. The first-order valence-electron chi connectivity index (χ1n) is 36.2. The highest BCUT2D eigenvalue weighted by Gasteiger charge is 2.23. The first-order chi connectivity index (χ1) is 51.5. The normalized spacial score (nSPS) is 12.2. The first-order valence-corrected chi connectivity index (χ1v) is 36.2. The number of hydrogen-bond acceptors (Lipinski definition) is 4. The van der Waals surface area contributed by atoms with Gasteiger partial charge in [-0.3, -0.25) is 0 Å². The summed E-state index contributed by atoms with van der Waals surface area (Å²) in [5.74, 6) is 0. The Morgan fingerprint density at radius 3 is 0.529 bits per heavy atom. The van der Waals surface area contributed by atoms with Gasteiger partial charge < -0.3 is 19.9 Å². The number of rotatable bonds is 17. The van der Waals surface area contributed by atoms with Crippen molar-refractivity contribution in [2.75, 3.05) is 0 Å². The van der Waals surface area contributed by atoms with Crippen LogP contribution >= 0.6 is 0 Å². The number of H-pyrrole nitrogens is 4. The summed E-state index contributed by atoms with van der Waals surface area (Å²) in [7, 11) is 0. The number of aryl methyl sites for hydroxylation is 2. The van der Waals surface area contributed by atoms with Crippen molar-refractivity contribution in [2.45, 2.75) is 51.6 Å². The number of unbranched alkanes of at least 4 members (excludes halogenated alkanes) is 5. The molecule has 0 aliphatic carbocycles. The number of aromatic amines is 4. The van der Waals surface area contributed by atoms with Crippen LogP contribution in [0.5, 0.6) is 0 Å². The molecule has 16 bridgehead atoms. The lowest BCUT2D eigenvalue weighted by Crippen LogP contribution is -2.32. The van der Waals surface area contributed by atoms with Crippen LogP contribution in [0.2, 0.25) is 0 Å². The fraction of sp³-hybridized carbons (Fsp3) is 0.0851. The number of nitrogens with one attached hydrogen (secondary N) is 4. The summed E-state index contributed by atoms with van der Waals surface area (Å²) in [5, 5.41) is 0. The van der Waals surface area contributed by atoms with E-state index >= 15 is 0 Å². The molecule has 0 amide bonds. The van der Waals surface area contributed by atoms with Crippen molar-refractivity contribution < 1.29 is 9.13 Å². The Labute approximate surface area is 603 Å². The van der Waals surface area contributed by atoms with Crippen molar-refractivity contribution >= 4 is 92.7 Å². The molecule has 0 saturated heterocycles. The highest BCUT2D eigenvalue weighted by Crippen LogP contribution is 2.42. The molecular weight excluding hydrogens is 1270 g/mol. The third-order valence-corrected chi connectivity index (χ3v) is 20.3. The second kappa shape index (κ2) is 28.1. The molecule has 104 heavy (non-hydrogen) atoms. The maximum atomic E-state index is 5.54. The van der Waals surface area contributed by atoms with Gasteiger partial charge in [-0.15, -0.1) is 0 Å². The lowest BCUT2D eigenvalue weighted by Gasteiger charge is -2.07. The van der Waals surface area contributed by atoms with E-state index in [0.29, 0.717) is 0 Å². The van der Waals surface area contributed by atoms with Crippen LogP contribution in [-0.4, -0.2) is 39.9 Å². The van der Waals surface area contributed by atoms with E-state index < -0.39 is 0 Å². The first kappa shape index (κ1) is 63.0. The maximum Gasteiger partial charge on any atom is 0.169 e. The fourth-order valence-electron chi connectivity index (χ4n) is 15.3. The molecule has 0 spiro atoms. The van der Waals surface area contributed by atoms with Crippen LogP contribution < -0.4 is 9.13 Å². The minimum Gasteiger partial charge on any atom is -0.354 e. The Morgan fingerprint density at radius 2 is 0.346 bits per heavy atom. The molecule has 4 aliphatic rings. The van der Waals surface area contributed by atoms with Gasteiger partial charge in [0.15, 0.2) is 24.8 Å². The predicted octanol–water partition coefficient (Wildman–Crippen LogP) is 22.6. The van der Waals surface area contributed by atoms with Gasteiger partial charge >= 0.3 is 0 Å². The van der Waals surface area contributed by atoms with Crippen molar-refractivity contribution in [3.8, 4) is 89.0 Å². The summed E-state index contributed by atoms with van der Waals surface area (Å²) in [4.78, 5) is 37.6. The Balaban J connectivity index is 0.598. The molecule has 0 unspecified atom stereocenters. The molecule has 18 rings (SSSR count). The third-order valence-electron chi connectivity index (χ3n) is 20.3. The smallest absolute Gasteiger partial charge is 0.169 e. The number of hydrogen-bond donors (Lipinski definition) is 4. The summed E-state index contributed by atoms with van der Waals surface area (Å²) in [5.41, 5.74) is 31.9. The fourth-order valence-corrected chi connectivity index (χ4v) is 15.3. The summed E-state index contributed by atoms with van der Waals surface area (Å²) in [6, 6.07) is 90.1. The van der Waals surface area contributed by atoms with Gasteiger partial charge in [0.25, 0.3) is 0 Å². The standard InChI is InChI=1S/C94H72N10/c1(3-23-57-103-59-53-69(54-60-103)93-83-49-45-79(99-83)89(65-29-15-7-16-30-65)75-41-37-71(95-75)87(63-25-11-5-12-26-63)72-38-42-76(96-72)90(66-31-17-8-18-32-66)80-46-50-84(93)100-80)2-4-24-58-104-61-55-70(56-62-104)94-85-51-47-81(101-85)91(67-33-19-9-20-34-67)77-43-39-73(97-77)88(64-27-13-6-14-28-64)74-40-44-78(98-74)92(68-35-21-10-22-36-68)82-48-52-86(94)102-82/h5-22,25-56,59-62H,1-4,23-24,57-58H2,(H2,95,96,97,98,99,100,101,102)/p+2. The average molecular weight is 1340 g/mol. The van der Waals surface area contributed by atoms with E-state index in [1.807, 2.05) is 0 Å². The number of nitrogens with zero attached hydrogens (tertiary/aromatic N) is 6. The van der Waals surface area contributed by atoms with Crippen molar-refractivity contribution in [3.63, 3.8) is 0 Å². The molecular formula is C94H74N10+2. The van der Waals surface area contributed by atoms with E-state index in [2.05, 4.69) is 357 Å². The monoisotopic (exact) mass is 1340 g/mol. The Kier molecular flexibility index (Phi) is 17.0. The van der Waals surface area contributed by atoms with E-state index in [1.165, 1.54) is 25.7 Å². The maximum absolute atomic E-state index is 5.54. The second-order valence-corrected chi connectivity index (χ2v) is 27.0. The Hall–Kier alpha value is -13.2. The van der Waals surface area contributed by atoms with Crippen LogP contribution in [0.1, 0.15) is 84.1 Å². The quantitative estimate of drug-likeness (QED) is 0.0536. The molecule has 0 atom stereocenters. The lowest BCUT2D eigenvalue weighted by atomic mass is 10.0. The summed E-state index contributed by atoms with van der Waals surface area (Å²) >= 11 is 0. The van der Waals surface area contributed by atoms with Gasteiger partial charge in [-0.05, 0) is 154 Å². The summed E-state index contributed by atoms with van der Waals surface area (Å²) in [6.45, 7) is 1.89. The van der Waals surface area contributed by atoms with Crippen LogP contribution in [-0.2, 0) is 13.1 Å². The van der Waals surface area contributed by atoms with Crippen LogP contribution in [0.25, 0.3) is 182 Å². The topological polar surface area (TPSA) is 122 Å². The minimum atomic E-state index is 0.893. The molecule has 4 N–H and O–H groups in total. The number of fused-ring (bicyclic) bond motifs is 16. The third kappa shape index (κ3) is 12.5. The van der Waals surface area contributed by atoms with Crippen molar-refractivity contribution in [1.82, 2.24) is 39.9 Å². The SMILES string of the molecule is C1=Cc2nc1c(-c1ccccc1)c1ccc([nH]1)c(-c1ccccc1)c1nc(c(-c3cc[n+](CCCCCCCC[n+]4ccc(-c5c6nc(c(-c7ccccc7)c7ccc([nH]7)c(-c7ccccc7)c7nc(c(-c8ccccc8)c8ccc5[nH]8)C=C7)C=C6)cc4)cc3)c3ccc([nH]3)c2-c2ccccc2)C=C1. The van der Waals surface area contributed by atoms with Crippen molar-refractivity contribution in [2.24, 2.45) is 0 Å². The average Bonchev–Trinajstić information content (AvgIpc) is 1.50. The predicted molar refractivity (Wildman–Crippen MR) is 429 cm³/mol. The van der Waals surface area contributed by atoms with E-state index in [1.54, 1.807) is 0 Å². The zero-order valence-corrected chi connectivity index (χ0v) is 57.5. The van der Waals surface area contributed by atoms with E-state index in [4.69, 9.17) is 19.9 Å². The van der Waals surface area contributed by atoms with Crippen LogP contribution in [0.15, 0.2) is 280 Å². The van der Waals surface area contributed by atoms with Gasteiger partial charge in [-0.2, -0.15) is 0 Å². The molecule has 4 aliphatic heterocycles. The molecule has 12 heterocycles. The van der Waals surface area contributed by atoms with Gasteiger partial charge in [-0.1, -0.05) is 195 Å². The number of aromatic nitrogens is 10. The molecule has 14 aromatic rings. The minimum absolute atomic E-state index is 0.893. The van der Waals surface area contributed by atoms with Gasteiger partial charge in [0.1, 0.15) is 13.1 Å². The van der Waals surface area contributed by atoms with Crippen LogP contribution in [0.3, 0.4) is 0 Å². The molecule has 0 saturated carbocycles. The zero-order valence-electron chi connectivity index (χ0n) is 57.5.